The van der Waals surface area contributed by atoms with Crippen molar-refractivity contribution in [3.63, 3.8) is 0 Å². The molecule has 4 nitrogen and oxygen atoms in total. The third-order valence-corrected chi connectivity index (χ3v) is 7.54. The largest absolute Gasteiger partial charge is 0.422 e. The minimum absolute atomic E-state index is 0.407. The van der Waals surface area contributed by atoms with Gasteiger partial charge >= 0.3 is 11.3 Å². The molecular formula is C34H22O4. The van der Waals surface area contributed by atoms with Gasteiger partial charge in [0.05, 0.1) is 11.1 Å². The van der Waals surface area contributed by atoms with Crippen LogP contribution in [0.3, 0.4) is 0 Å². The van der Waals surface area contributed by atoms with Crippen LogP contribution in [0.15, 0.2) is 115 Å². The molecule has 0 radical (unpaired) electrons. The molecule has 0 saturated carbocycles. The van der Waals surface area contributed by atoms with Crippen LogP contribution < -0.4 is 11.3 Å². The van der Waals surface area contributed by atoms with Gasteiger partial charge in [0.15, 0.2) is 0 Å². The number of hydrogen-bond donors (Lipinski definition) is 0. The minimum Gasteiger partial charge on any atom is -0.422 e. The van der Waals surface area contributed by atoms with Gasteiger partial charge in [-0.15, -0.1) is 0 Å². The summed E-state index contributed by atoms with van der Waals surface area (Å²) in [5.74, 6) is 0. The Morgan fingerprint density at radius 3 is 1.42 bits per heavy atom. The van der Waals surface area contributed by atoms with E-state index in [0.29, 0.717) is 33.4 Å². The van der Waals surface area contributed by atoms with Crippen molar-refractivity contribution in [2.75, 3.05) is 0 Å². The Kier molecular flexibility index (Phi) is 4.85. The van der Waals surface area contributed by atoms with E-state index in [1.165, 1.54) is 0 Å². The molecule has 0 saturated heterocycles. The van der Waals surface area contributed by atoms with E-state index in [1.807, 2.05) is 111 Å². The maximum atomic E-state index is 13.2. The maximum absolute atomic E-state index is 13.2. The summed E-state index contributed by atoms with van der Waals surface area (Å²) in [4.78, 5) is 26.5. The van der Waals surface area contributed by atoms with Crippen LogP contribution in [-0.2, 0) is 0 Å². The Morgan fingerprint density at radius 1 is 0.500 bits per heavy atom. The zero-order chi connectivity index (χ0) is 26.0. The molecule has 5 aromatic carbocycles. The van der Waals surface area contributed by atoms with Gasteiger partial charge in [0.25, 0.3) is 0 Å². The molecule has 0 aliphatic rings. The van der Waals surface area contributed by atoms with Gasteiger partial charge < -0.3 is 8.83 Å². The van der Waals surface area contributed by atoms with E-state index < -0.39 is 11.3 Å². The summed E-state index contributed by atoms with van der Waals surface area (Å²) >= 11 is 0. The molecular weight excluding hydrogens is 472 g/mol. The molecule has 4 heteroatoms. The fourth-order valence-electron chi connectivity index (χ4n) is 5.80. The van der Waals surface area contributed by atoms with Gasteiger partial charge in [0.1, 0.15) is 11.2 Å². The zero-order valence-corrected chi connectivity index (χ0v) is 20.9. The van der Waals surface area contributed by atoms with E-state index >= 15 is 0 Å². The Hall–Kier alpha value is -4.96. The molecule has 0 aliphatic heterocycles. The van der Waals surface area contributed by atoms with Gasteiger partial charge in [-0.25, -0.2) is 9.59 Å². The van der Waals surface area contributed by atoms with Crippen LogP contribution in [0.4, 0.5) is 0 Å². The molecule has 0 N–H and O–H groups in total. The molecule has 2 aromatic heterocycles. The highest BCUT2D eigenvalue weighted by Crippen LogP contribution is 2.36. The number of fused-ring (bicyclic) bond motifs is 6. The minimum atomic E-state index is -0.407. The normalized spacial score (nSPS) is 11.6. The van der Waals surface area contributed by atoms with Crippen molar-refractivity contribution in [2.24, 2.45) is 0 Å². The van der Waals surface area contributed by atoms with E-state index in [1.54, 1.807) is 0 Å². The van der Waals surface area contributed by atoms with Crippen molar-refractivity contribution in [2.45, 2.75) is 13.8 Å². The lowest BCUT2D eigenvalue weighted by atomic mass is 9.92. The SMILES string of the molecule is Cc1c(-c2cccc(-c3c(C)c4c(ccc5ccccc54)oc3=O)c2)c(=O)oc2ccc3ccccc3c12. The van der Waals surface area contributed by atoms with Gasteiger partial charge in [-0.3, -0.25) is 0 Å². The molecule has 0 spiro atoms. The van der Waals surface area contributed by atoms with Gasteiger partial charge in [0.2, 0.25) is 0 Å². The molecule has 0 aliphatic carbocycles. The van der Waals surface area contributed by atoms with Crippen LogP contribution >= 0.6 is 0 Å². The first kappa shape index (κ1) is 22.3. The number of aryl methyl sites for hydroxylation is 2. The second-order valence-corrected chi connectivity index (χ2v) is 9.68. The smallest absolute Gasteiger partial charge is 0.344 e. The number of rotatable bonds is 2. The monoisotopic (exact) mass is 494 g/mol. The van der Waals surface area contributed by atoms with Crippen LogP contribution in [0.1, 0.15) is 11.1 Å². The summed E-state index contributed by atoms with van der Waals surface area (Å²) in [6.07, 6.45) is 0. The van der Waals surface area contributed by atoms with E-state index in [9.17, 15) is 9.59 Å². The Labute approximate surface area is 217 Å². The van der Waals surface area contributed by atoms with Crippen molar-refractivity contribution in [1.82, 2.24) is 0 Å². The summed E-state index contributed by atoms with van der Waals surface area (Å²) in [7, 11) is 0. The van der Waals surface area contributed by atoms with Crippen LogP contribution in [0.2, 0.25) is 0 Å². The molecule has 0 amide bonds. The Bertz CT molecular complexity index is 2040. The summed E-state index contributed by atoms with van der Waals surface area (Å²) in [6.45, 7) is 3.91. The van der Waals surface area contributed by atoms with Crippen molar-refractivity contribution in [1.29, 1.82) is 0 Å². The van der Waals surface area contributed by atoms with Crippen LogP contribution in [0, 0.1) is 13.8 Å². The first-order valence-corrected chi connectivity index (χ1v) is 12.5. The van der Waals surface area contributed by atoms with Crippen molar-refractivity contribution in [3.8, 4) is 22.3 Å². The quantitative estimate of drug-likeness (QED) is 0.180. The topological polar surface area (TPSA) is 60.4 Å². The molecule has 7 aromatic rings. The summed E-state index contributed by atoms with van der Waals surface area (Å²) in [6, 6.07) is 31.3. The second-order valence-electron chi connectivity index (χ2n) is 9.68. The predicted octanol–water partition coefficient (Wildman–Crippen LogP) is 8.16. The summed E-state index contributed by atoms with van der Waals surface area (Å²) < 4.78 is 11.6. The summed E-state index contributed by atoms with van der Waals surface area (Å²) in [5.41, 5.74) is 4.37. The van der Waals surface area contributed by atoms with Crippen molar-refractivity contribution in [3.05, 3.63) is 129 Å². The molecule has 0 bridgehead atoms. The molecule has 182 valence electrons. The highest BCUT2D eigenvalue weighted by Gasteiger charge is 2.19. The molecule has 7 rings (SSSR count). The van der Waals surface area contributed by atoms with E-state index in [-0.39, 0.29) is 0 Å². The molecule has 38 heavy (non-hydrogen) atoms. The molecule has 0 fully saturated rings. The molecule has 2 heterocycles. The van der Waals surface area contributed by atoms with E-state index in [4.69, 9.17) is 8.83 Å². The molecule has 0 unspecified atom stereocenters. The fraction of sp³-hybridized carbons (Fsp3) is 0.0588. The Morgan fingerprint density at radius 2 is 0.947 bits per heavy atom. The predicted molar refractivity (Wildman–Crippen MR) is 154 cm³/mol. The first-order chi connectivity index (χ1) is 18.5. The van der Waals surface area contributed by atoms with E-state index in [0.717, 1.165) is 43.4 Å². The van der Waals surface area contributed by atoms with Gasteiger partial charge in [-0.2, -0.15) is 0 Å². The summed E-state index contributed by atoms with van der Waals surface area (Å²) in [5, 5.41) is 6.04. The zero-order valence-electron chi connectivity index (χ0n) is 20.9. The number of benzene rings is 5. The molecule has 0 atom stereocenters. The average Bonchev–Trinajstić information content (AvgIpc) is 2.92. The number of hydrogen-bond acceptors (Lipinski definition) is 4. The van der Waals surface area contributed by atoms with Gasteiger partial charge in [-0.05, 0) is 75.8 Å². The van der Waals surface area contributed by atoms with Crippen molar-refractivity contribution >= 4 is 43.5 Å². The van der Waals surface area contributed by atoms with Gasteiger partial charge in [-0.1, -0.05) is 78.9 Å². The van der Waals surface area contributed by atoms with Crippen LogP contribution in [-0.4, -0.2) is 0 Å². The maximum Gasteiger partial charge on any atom is 0.344 e. The van der Waals surface area contributed by atoms with E-state index in [2.05, 4.69) is 0 Å². The lowest BCUT2D eigenvalue weighted by molar-refractivity contribution is 0.563. The lowest BCUT2D eigenvalue weighted by Crippen LogP contribution is -2.08. The van der Waals surface area contributed by atoms with Crippen LogP contribution in [0.25, 0.3) is 65.7 Å². The Balaban J connectivity index is 1.50. The second kappa shape index (κ2) is 8.29. The van der Waals surface area contributed by atoms with Crippen LogP contribution in [0.5, 0.6) is 0 Å². The standard InChI is InChI=1S/C34H22O4/c1-19-29(33(35)37-27-16-14-21-8-3-5-12-25(21)31(19)27)23-10-7-11-24(18-23)30-20(2)32-26-13-6-4-9-22(26)15-17-28(32)38-34(30)36/h3-18H,1-2H3. The highest BCUT2D eigenvalue weighted by molar-refractivity contribution is 6.10. The van der Waals surface area contributed by atoms with Gasteiger partial charge in [0, 0.05) is 10.8 Å². The first-order valence-electron chi connectivity index (χ1n) is 12.5. The lowest BCUT2D eigenvalue weighted by Gasteiger charge is -2.13. The third-order valence-electron chi connectivity index (χ3n) is 7.54. The highest BCUT2D eigenvalue weighted by atomic mass is 16.4. The third kappa shape index (κ3) is 3.24. The average molecular weight is 495 g/mol. The fourth-order valence-corrected chi connectivity index (χ4v) is 5.80. The van der Waals surface area contributed by atoms with Crippen molar-refractivity contribution < 1.29 is 8.83 Å².